The highest BCUT2D eigenvalue weighted by molar-refractivity contribution is 7.99. The van der Waals surface area contributed by atoms with Crippen LogP contribution in [0.1, 0.15) is 50.1 Å². The minimum Gasteiger partial charge on any atom is -0.352 e. The van der Waals surface area contributed by atoms with Crippen LogP contribution in [0.4, 0.5) is 0 Å². The lowest BCUT2D eigenvalue weighted by atomic mass is 9.94. The van der Waals surface area contributed by atoms with Crippen LogP contribution in [-0.4, -0.2) is 49.7 Å². The molecular weight excluding hydrogens is 370 g/mol. The lowest BCUT2D eigenvalue weighted by Gasteiger charge is -2.32. The van der Waals surface area contributed by atoms with Crippen molar-refractivity contribution in [1.82, 2.24) is 24.8 Å². The zero-order chi connectivity index (χ0) is 19.3. The van der Waals surface area contributed by atoms with Gasteiger partial charge in [-0.2, -0.15) is 0 Å². The van der Waals surface area contributed by atoms with Gasteiger partial charge in [0.1, 0.15) is 6.04 Å². The van der Waals surface area contributed by atoms with Gasteiger partial charge in [0, 0.05) is 43.1 Å². The number of thioether (sulfide) groups is 1. The van der Waals surface area contributed by atoms with Gasteiger partial charge >= 0.3 is 0 Å². The number of amides is 1. The van der Waals surface area contributed by atoms with Gasteiger partial charge in [-0.15, -0.1) is 0 Å². The molecule has 0 aromatic carbocycles. The van der Waals surface area contributed by atoms with Crippen LogP contribution < -0.4 is 5.32 Å². The van der Waals surface area contributed by atoms with Crippen molar-refractivity contribution < 1.29 is 4.79 Å². The largest absolute Gasteiger partial charge is 0.352 e. The third-order valence-corrected chi connectivity index (χ3v) is 7.23. The first kappa shape index (κ1) is 19.5. The van der Waals surface area contributed by atoms with Crippen LogP contribution in [0.25, 0.3) is 0 Å². The van der Waals surface area contributed by atoms with Crippen LogP contribution in [0.5, 0.6) is 0 Å². The van der Waals surface area contributed by atoms with Gasteiger partial charge in [-0.3, -0.25) is 14.7 Å². The summed E-state index contributed by atoms with van der Waals surface area (Å²) < 4.78 is 2.08. The summed E-state index contributed by atoms with van der Waals surface area (Å²) in [6.45, 7) is 1.97. The van der Waals surface area contributed by atoms with E-state index in [1.165, 1.54) is 12.8 Å². The van der Waals surface area contributed by atoms with E-state index in [4.69, 9.17) is 0 Å². The monoisotopic (exact) mass is 399 g/mol. The third kappa shape index (κ3) is 4.58. The number of hydrogen-bond donors (Lipinski definition) is 1. The highest BCUT2D eigenvalue weighted by Crippen LogP contribution is 2.33. The first-order valence-corrected chi connectivity index (χ1v) is 11.2. The fourth-order valence-electron chi connectivity index (χ4n) is 4.29. The second-order valence-electron chi connectivity index (χ2n) is 7.85. The van der Waals surface area contributed by atoms with Crippen LogP contribution >= 0.6 is 11.8 Å². The number of pyridine rings is 1. The first-order chi connectivity index (χ1) is 13.7. The Hall–Kier alpha value is -1.86. The molecule has 7 heteroatoms. The number of nitrogens with one attached hydrogen (secondary N) is 1. The highest BCUT2D eigenvalue weighted by atomic mass is 32.2. The Balaban J connectivity index is 1.34. The second kappa shape index (κ2) is 9.09. The maximum atomic E-state index is 13.2. The summed E-state index contributed by atoms with van der Waals surface area (Å²) in [7, 11) is 2.04. The van der Waals surface area contributed by atoms with Crippen molar-refractivity contribution in [3.05, 3.63) is 42.5 Å². The van der Waals surface area contributed by atoms with Gasteiger partial charge in [-0.1, -0.05) is 17.8 Å². The van der Waals surface area contributed by atoms with Gasteiger partial charge in [0.2, 0.25) is 5.91 Å². The molecule has 2 fully saturated rings. The Morgan fingerprint density at radius 3 is 2.64 bits per heavy atom. The van der Waals surface area contributed by atoms with Gasteiger partial charge in [0.15, 0.2) is 5.16 Å². The minimum atomic E-state index is -0.212. The highest BCUT2D eigenvalue weighted by Gasteiger charge is 2.32. The van der Waals surface area contributed by atoms with E-state index in [1.807, 2.05) is 49.5 Å². The Bertz CT molecular complexity index is 766. The predicted molar refractivity (Wildman–Crippen MR) is 111 cm³/mol. The van der Waals surface area contributed by atoms with Crippen molar-refractivity contribution in [2.75, 3.05) is 13.1 Å². The number of nitrogens with zero attached hydrogens (tertiary/aromatic N) is 4. The lowest BCUT2D eigenvalue weighted by molar-refractivity contribution is -0.127. The number of imidazole rings is 1. The first-order valence-electron chi connectivity index (χ1n) is 10.3. The average Bonchev–Trinajstić information content (AvgIpc) is 3.37. The van der Waals surface area contributed by atoms with E-state index in [0.29, 0.717) is 5.25 Å². The lowest BCUT2D eigenvalue weighted by Crippen LogP contribution is -2.45. The van der Waals surface area contributed by atoms with E-state index in [9.17, 15) is 4.79 Å². The normalized spacial score (nSPS) is 24.2. The molecule has 0 bridgehead atoms. The number of likely N-dealkylation sites (tertiary alicyclic amines) is 1. The number of hydrogen-bond acceptors (Lipinski definition) is 5. The molecule has 4 rings (SSSR count). The van der Waals surface area contributed by atoms with E-state index >= 15 is 0 Å². The van der Waals surface area contributed by atoms with Crippen molar-refractivity contribution in [3.63, 3.8) is 0 Å². The van der Waals surface area contributed by atoms with Gasteiger partial charge < -0.3 is 9.88 Å². The Labute approximate surface area is 171 Å². The summed E-state index contributed by atoms with van der Waals surface area (Å²) in [4.78, 5) is 24.1. The molecule has 6 nitrogen and oxygen atoms in total. The molecule has 1 aliphatic carbocycles. The molecule has 2 aromatic rings. The smallest absolute Gasteiger partial charge is 0.242 e. The molecule has 1 saturated heterocycles. The van der Waals surface area contributed by atoms with Crippen LogP contribution in [0.2, 0.25) is 0 Å². The number of carbonyl (C=O) groups is 1. The quantitative estimate of drug-likeness (QED) is 0.808. The van der Waals surface area contributed by atoms with Crippen molar-refractivity contribution in [1.29, 1.82) is 0 Å². The third-order valence-electron chi connectivity index (χ3n) is 5.82. The van der Waals surface area contributed by atoms with E-state index in [1.54, 1.807) is 6.20 Å². The Kier molecular flexibility index (Phi) is 6.32. The van der Waals surface area contributed by atoms with E-state index in [2.05, 4.69) is 24.8 Å². The maximum absolute atomic E-state index is 13.2. The Morgan fingerprint density at radius 1 is 1.21 bits per heavy atom. The SMILES string of the molecule is Cn1ccnc1SC1CCC(NC(=O)C(c2cccnc2)N2CCCC2)CC1. The molecule has 2 aromatic heterocycles. The molecule has 0 spiro atoms. The van der Waals surface area contributed by atoms with Gasteiger partial charge in [-0.05, 0) is 63.2 Å². The van der Waals surface area contributed by atoms with Crippen LogP contribution in [0.15, 0.2) is 42.1 Å². The summed E-state index contributed by atoms with van der Waals surface area (Å²) in [6.07, 6.45) is 14.1. The van der Waals surface area contributed by atoms with Crippen molar-refractivity contribution in [3.8, 4) is 0 Å². The van der Waals surface area contributed by atoms with Gasteiger partial charge in [-0.25, -0.2) is 4.98 Å². The molecular formula is C21H29N5OS. The molecule has 1 atom stereocenters. The molecule has 1 amide bonds. The molecule has 150 valence electrons. The molecule has 3 heterocycles. The molecule has 1 N–H and O–H groups in total. The Morgan fingerprint density at radius 2 is 2.00 bits per heavy atom. The number of aryl methyl sites for hydroxylation is 1. The van der Waals surface area contributed by atoms with E-state index in [-0.39, 0.29) is 18.0 Å². The zero-order valence-electron chi connectivity index (χ0n) is 16.5. The van der Waals surface area contributed by atoms with Crippen LogP contribution in [0.3, 0.4) is 0 Å². The van der Waals surface area contributed by atoms with Crippen molar-refractivity contribution >= 4 is 17.7 Å². The summed E-state index contributed by atoms with van der Waals surface area (Å²) >= 11 is 1.86. The van der Waals surface area contributed by atoms with Crippen LogP contribution in [-0.2, 0) is 11.8 Å². The molecule has 2 aliphatic rings. The predicted octanol–water partition coefficient (Wildman–Crippen LogP) is 3.17. The summed E-state index contributed by atoms with van der Waals surface area (Å²) in [5.74, 6) is 0.134. The summed E-state index contributed by atoms with van der Waals surface area (Å²) in [5, 5.41) is 5.01. The summed E-state index contributed by atoms with van der Waals surface area (Å²) in [6, 6.07) is 4.00. The molecule has 1 unspecified atom stereocenters. The summed E-state index contributed by atoms with van der Waals surface area (Å²) in [5.41, 5.74) is 1.00. The molecule has 0 radical (unpaired) electrons. The maximum Gasteiger partial charge on any atom is 0.242 e. The fraction of sp³-hybridized carbons (Fsp3) is 0.571. The minimum absolute atomic E-state index is 0.134. The van der Waals surface area contributed by atoms with Crippen molar-refractivity contribution in [2.24, 2.45) is 7.05 Å². The number of rotatable bonds is 6. The topological polar surface area (TPSA) is 63.1 Å². The van der Waals surface area contributed by atoms with Gasteiger partial charge in [0.25, 0.3) is 0 Å². The van der Waals surface area contributed by atoms with E-state index < -0.39 is 0 Å². The van der Waals surface area contributed by atoms with Gasteiger partial charge in [0.05, 0.1) is 0 Å². The van der Waals surface area contributed by atoms with Crippen LogP contribution in [0, 0.1) is 0 Å². The standard InChI is InChI=1S/C21H29N5OS/c1-25-14-11-23-21(25)28-18-8-6-17(7-9-18)24-20(27)19(26-12-2-3-13-26)16-5-4-10-22-15-16/h4-5,10-11,14-15,17-19H,2-3,6-9,12-13H2,1H3,(H,24,27). The number of aromatic nitrogens is 3. The van der Waals surface area contributed by atoms with Crippen molar-refractivity contribution in [2.45, 2.75) is 61.0 Å². The fourth-order valence-corrected chi connectivity index (χ4v) is 5.44. The second-order valence-corrected chi connectivity index (χ2v) is 9.12. The number of carbonyl (C=O) groups excluding carboxylic acids is 1. The average molecular weight is 400 g/mol. The molecule has 28 heavy (non-hydrogen) atoms. The van der Waals surface area contributed by atoms with E-state index in [0.717, 1.165) is 49.5 Å². The molecule has 1 saturated carbocycles. The molecule has 1 aliphatic heterocycles. The zero-order valence-corrected chi connectivity index (χ0v) is 17.3.